The maximum Gasteiger partial charge on any atom is 0.313 e. The minimum absolute atomic E-state index is 0.183. The zero-order valence-electron chi connectivity index (χ0n) is 9.15. The molecule has 82 valence electrons. The summed E-state index contributed by atoms with van der Waals surface area (Å²) in [4.78, 5) is 11.6. The molecule has 0 amide bonds. The van der Waals surface area contributed by atoms with Crippen LogP contribution in [-0.2, 0) is 16.6 Å². The second kappa shape index (κ2) is 3.56. The number of aryl methyl sites for hydroxylation is 1. The van der Waals surface area contributed by atoms with Crippen LogP contribution in [0.2, 0.25) is 0 Å². The average Bonchev–Trinajstić information content (AvgIpc) is 2.58. The van der Waals surface area contributed by atoms with Crippen LogP contribution in [-0.4, -0.2) is 28.9 Å². The minimum Gasteiger partial charge on any atom is -0.469 e. The van der Waals surface area contributed by atoms with Crippen molar-refractivity contribution in [2.45, 2.75) is 25.3 Å². The number of hydrogen-bond donors (Lipinski definition) is 1. The van der Waals surface area contributed by atoms with Crippen LogP contribution in [0.5, 0.6) is 0 Å². The lowest BCUT2D eigenvalue weighted by molar-refractivity contribution is -0.142. The molecule has 5 heteroatoms. The second-order valence-corrected chi connectivity index (χ2v) is 3.93. The van der Waals surface area contributed by atoms with Crippen molar-refractivity contribution < 1.29 is 9.53 Å². The number of nitrogens with one attached hydrogen (secondary N) is 1. The van der Waals surface area contributed by atoms with Gasteiger partial charge in [-0.05, 0) is 13.3 Å². The summed E-state index contributed by atoms with van der Waals surface area (Å²) in [5, 5.41) is 7.46. The van der Waals surface area contributed by atoms with Crippen molar-refractivity contribution in [3.63, 3.8) is 0 Å². The van der Waals surface area contributed by atoms with Gasteiger partial charge in [-0.2, -0.15) is 5.10 Å². The van der Waals surface area contributed by atoms with Crippen molar-refractivity contribution in [3.8, 4) is 0 Å². The highest BCUT2D eigenvalue weighted by atomic mass is 16.5. The fraction of sp³-hybridized carbons (Fsp3) is 0.600. The molecule has 0 radical (unpaired) electrons. The first-order valence-electron chi connectivity index (χ1n) is 4.99. The molecule has 0 saturated carbocycles. The number of methoxy groups -OCH3 is 1. The molecule has 2 heterocycles. The van der Waals surface area contributed by atoms with Gasteiger partial charge in [0.1, 0.15) is 5.82 Å². The Bertz CT molecular complexity index is 386. The summed E-state index contributed by atoms with van der Waals surface area (Å²) in [7, 11) is 3.28. The molecule has 1 N–H and O–H groups in total. The fourth-order valence-corrected chi connectivity index (χ4v) is 2.02. The van der Waals surface area contributed by atoms with E-state index in [1.165, 1.54) is 7.11 Å². The molecule has 2 atom stereocenters. The molecular weight excluding hydrogens is 194 g/mol. The van der Waals surface area contributed by atoms with Gasteiger partial charge in [0.15, 0.2) is 0 Å². The number of esters is 1. The number of carbonyl (C=O) groups excluding carboxylic acids is 1. The van der Waals surface area contributed by atoms with Crippen LogP contribution in [0.15, 0.2) is 6.20 Å². The first-order valence-corrected chi connectivity index (χ1v) is 4.99. The molecule has 0 aliphatic carbocycles. The van der Waals surface area contributed by atoms with Crippen LogP contribution in [0.3, 0.4) is 0 Å². The number of fused-ring (bicyclic) bond motifs is 1. The predicted octanol–water partition coefficient (Wildman–Crippen LogP) is 0.881. The van der Waals surface area contributed by atoms with E-state index in [0.29, 0.717) is 0 Å². The maximum atomic E-state index is 11.6. The van der Waals surface area contributed by atoms with Gasteiger partial charge in [0.05, 0.1) is 19.2 Å². The van der Waals surface area contributed by atoms with Gasteiger partial charge in [0.2, 0.25) is 0 Å². The van der Waals surface area contributed by atoms with E-state index in [4.69, 9.17) is 4.74 Å². The summed E-state index contributed by atoms with van der Waals surface area (Å²) < 4.78 is 6.55. The van der Waals surface area contributed by atoms with Crippen molar-refractivity contribution in [2.24, 2.45) is 7.05 Å². The number of ether oxygens (including phenoxy) is 1. The average molecular weight is 209 g/mol. The normalized spacial score (nSPS) is 24.2. The SMILES string of the molecule is COC(=O)[C@H]1C[C@H](C)Nc2c1cnn2C. The maximum absolute atomic E-state index is 11.6. The Kier molecular flexibility index (Phi) is 2.38. The highest BCUT2D eigenvalue weighted by Gasteiger charge is 2.32. The molecule has 0 unspecified atom stereocenters. The van der Waals surface area contributed by atoms with Crippen LogP contribution in [0.25, 0.3) is 0 Å². The van der Waals surface area contributed by atoms with E-state index in [1.54, 1.807) is 10.9 Å². The van der Waals surface area contributed by atoms with Gasteiger partial charge in [0.25, 0.3) is 0 Å². The first kappa shape index (κ1) is 10.0. The molecule has 1 aliphatic heterocycles. The van der Waals surface area contributed by atoms with E-state index in [2.05, 4.69) is 10.4 Å². The fourth-order valence-electron chi connectivity index (χ4n) is 2.02. The number of carbonyl (C=O) groups is 1. The van der Waals surface area contributed by atoms with E-state index >= 15 is 0 Å². The topological polar surface area (TPSA) is 56.1 Å². The molecule has 2 rings (SSSR count). The Hall–Kier alpha value is -1.52. The molecule has 5 nitrogen and oxygen atoms in total. The van der Waals surface area contributed by atoms with Crippen molar-refractivity contribution in [1.29, 1.82) is 0 Å². The molecule has 15 heavy (non-hydrogen) atoms. The molecule has 0 saturated heterocycles. The van der Waals surface area contributed by atoms with E-state index in [-0.39, 0.29) is 17.9 Å². The van der Waals surface area contributed by atoms with Gasteiger partial charge in [-0.25, -0.2) is 0 Å². The van der Waals surface area contributed by atoms with Gasteiger partial charge in [-0.15, -0.1) is 0 Å². The summed E-state index contributed by atoms with van der Waals surface area (Å²) in [6.45, 7) is 2.05. The zero-order valence-corrected chi connectivity index (χ0v) is 9.15. The standard InChI is InChI=1S/C10H15N3O2/c1-6-4-7(10(14)15-3)8-5-11-13(2)9(8)12-6/h5-7,12H,4H2,1-3H3/t6-,7-/m0/s1. The first-order chi connectivity index (χ1) is 7.13. The molecule has 1 aromatic rings. The molecular formula is C10H15N3O2. The lowest BCUT2D eigenvalue weighted by atomic mass is 9.91. The van der Waals surface area contributed by atoms with Gasteiger partial charge < -0.3 is 10.1 Å². The summed E-state index contributed by atoms with van der Waals surface area (Å²) >= 11 is 0. The Morgan fingerprint density at radius 3 is 3.13 bits per heavy atom. The van der Waals surface area contributed by atoms with E-state index in [1.807, 2.05) is 14.0 Å². The second-order valence-electron chi connectivity index (χ2n) is 3.93. The highest BCUT2D eigenvalue weighted by molar-refractivity contribution is 5.81. The quantitative estimate of drug-likeness (QED) is 0.698. The van der Waals surface area contributed by atoms with E-state index in [9.17, 15) is 4.79 Å². The lowest BCUT2D eigenvalue weighted by Gasteiger charge is -2.27. The van der Waals surface area contributed by atoms with Crippen LogP contribution < -0.4 is 5.32 Å². The number of rotatable bonds is 1. The largest absolute Gasteiger partial charge is 0.469 e. The number of nitrogens with zero attached hydrogens (tertiary/aromatic N) is 2. The highest BCUT2D eigenvalue weighted by Crippen LogP contribution is 2.34. The molecule has 0 bridgehead atoms. The summed E-state index contributed by atoms with van der Waals surface area (Å²) in [5.41, 5.74) is 0.933. The van der Waals surface area contributed by atoms with Gasteiger partial charge in [0, 0.05) is 18.7 Å². The third kappa shape index (κ3) is 1.58. The number of aromatic nitrogens is 2. The predicted molar refractivity (Wildman–Crippen MR) is 55.7 cm³/mol. The summed E-state index contributed by atoms with van der Waals surface area (Å²) in [5.74, 6) is 0.552. The zero-order chi connectivity index (χ0) is 11.0. The number of hydrogen-bond acceptors (Lipinski definition) is 4. The van der Waals surface area contributed by atoms with E-state index < -0.39 is 0 Å². The third-order valence-corrected chi connectivity index (χ3v) is 2.80. The van der Waals surface area contributed by atoms with Gasteiger partial charge in [-0.1, -0.05) is 0 Å². The van der Waals surface area contributed by atoms with Gasteiger partial charge in [-0.3, -0.25) is 9.48 Å². The molecule has 0 spiro atoms. The summed E-state index contributed by atoms with van der Waals surface area (Å²) in [6.07, 6.45) is 2.49. The van der Waals surface area contributed by atoms with Crippen molar-refractivity contribution in [3.05, 3.63) is 11.8 Å². The molecule has 1 aromatic heterocycles. The molecule has 0 aromatic carbocycles. The Labute approximate surface area is 88.4 Å². The van der Waals surface area contributed by atoms with Crippen molar-refractivity contribution >= 4 is 11.8 Å². The number of anilines is 1. The third-order valence-electron chi connectivity index (χ3n) is 2.80. The summed E-state index contributed by atoms with van der Waals surface area (Å²) in [6, 6.07) is 0.261. The monoisotopic (exact) mass is 209 g/mol. The van der Waals surface area contributed by atoms with Crippen LogP contribution in [0.1, 0.15) is 24.8 Å². The lowest BCUT2D eigenvalue weighted by Crippen LogP contribution is -2.30. The Balaban J connectivity index is 2.39. The van der Waals surface area contributed by atoms with Crippen LogP contribution >= 0.6 is 0 Å². The van der Waals surface area contributed by atoms with Gasteiger partial charge >= 0.3 is 5.97 Å². The smallest absolute Gasteiger partial charge is 0.313 e. The Morgan fingerprint density at radius 2 is 2.47 bits per heavy atom. The van der Waals surface area contributed by atoms with Crippen LogP contribution in [0, 0.1) is 0 Å². The van der Waals surface area contributed by atoms with E-state index in [0.717, 1.165) is 17.8 Å². The minimum atomic E-state index is -0.185. The van der Waals surface area contributed by atoms with Crippen molar-refractivity contribution in [1.82, 2.24) is 9.78 Å². The van der Waals surface area contributed by atoms with Crippen molar-refractivity contribution in [2.75, 3.05) is 12.4 Å². The molecule has 1 aliphatic rings. The molecule has 0 fully saturated rings. The Morgan fingerprint density at radius 1 is 1.73 bits per heavy atom. The van der Waals surface area contributed by atoms with Crippen LogP contribution in [0.4, 0.5) is 5.82 Å².